The first-order valence-corrected chi connectivity index (χ1v) is 4.82. The van der Waals surface area contributed by atoms with Gasteiger partial charge in [-0.25, -0.2) is 0 Å². The summed E-state index contributed by atoms with van der Waals surface area (Å²) in [6, 6.07) is 0. The van der Waals surface area contributed by atoms with Crippen molar-refractivity contribution in [2.24, 2.45) is 5.41 Å². The zero-order valence-corrected chi connectivity index (χ0v) is 7.27. The van der Waals surface area contributed by atoms with Crippen LogP contribution in [0.4, 0.5) is 0 Å². The maximum Gasteiger partial charge on any atom is 0.146 e. The minimum absolute atomic E-state index is 0.233. The molecule has 0 aromatic heterocycles. The molecule has 0 N–H and O–H groups in total. The number of carbonyl (C=O) groups excluding carboxylic acids is 2. The molecule has 0 aromatic rings. The summed E-state index contributed by atoms with van der Waals surface area (Å²) in [5.41, 5.74) is -0.476. The van der Waals surface area contributed by atoms with Crippen molar-refractivity contribution in [3.63, 3.8) is 0 Å². The predicted molar refractivity (Wildman–Crippen MR) is 44.8 cm³/mol. The lowest BCUT2D eigenvalue weighted by molar-refractivity contribution is -0.145. The van der Waals surface area contributed by atoms with E-state index in [9.17, 15) is 9.59 Å². The highest BCUT2D eigenvalue weighted by molar-refractivity contribution is 6.08. The van der Waals surface area contributed by atoms with E-state index >= 15 is 0 Å². The molecule has 0 saturated heterocycles. The molecular formula is C10H14O2. The maximum absolute atomic E-state index is 11.6. The molecule has 2 fully saturated rings. The highest BCUT2D eigenvalue weighted by atomic mass is 16.2. The lowest BCUT2D eigenvalue weighted by Crippen LogP contribution is -2.44. The molecule has 2 heteroatoms. The van der Waals surface area contributed by atoms with Crippen molar-refractivity contribution < 1.29 is 9.59 Å². The molecule has 2 saturated carbocycles. The number of Topliss-reactive ketones (excluding diaryl/α,β-unsaturated/α-hetero) is 2. The van der Waals surface area contributed by atoms with E-state index in [1.54, 1.807) is 0 Å². The summed E-state index contributed by atoms with van der Waals surface area (Å²) in [4.78, 5) is 23.2. The summed E-state index contributed by atoms with van der Waals surface area (Å²) in [6.45, 7) is 0. The normalized spacial score (nSPS) is 28.3. The van der Waals surface area contributed by atoms with Crippen molar-refractivity contribution in [1.29, 1.82) is 0 Å². The third kappa shape index (κ3) is 0.936. The van der Waals surface area contributed by atoms with E-state index < -0.39 is 5.41 Å². The zero-order chi connectivity index (χ0) is 8.60. The summed E-state index contributed by atoms with van der Waals surface area (Å²) >= 11 is 0. The van der Waals surface area contributed by atoms with Gasteiger partial charge in [0.15, 0.2) is 0 Å². The van der Waals surface area contributed by atoms with Gasteiger partial charge >= 0.3 is 0 Å². The molecule has 2 nitrogen and oxygen atoms in total. The summed E-state index contributed by atoms with van der Waals surface area (Å²) in [5.74, 6) is 0.465. The van der Waals surface area contributed by atoms with Crippen molar-refractivity contribution in [2.45, 2.75) is 44.9 Å². The van der Waals surface area contributed by atoms with Crippen LogP contribution in [0.5, 0.6) is 0 Å². The van der Waals surface area contributed by atoms with Crippen molar-refractivity contribution in [3.05, 3.63) is 0 Å². The molecule has 0 heterocycles. The second-order valence-corrected chi connectivity index (χ2v) is 3.99. The van der Waals surface area contributed by atoms with Gasteiger partial charge in [-0.2, -0.15) is 0 Å². The monoisotopic (exact) mass is 166 g/mol. The van der Waals surface area contributed by atoms with E-state index in [1.165, 1.54) is 0 Å². The fourth-order valence-corrected chi connectivity index (χ4v) is 2.29. The SMILES string of the molecule is O=C1CCCCC(=O)C12CCC2. The Morgan fingerprint density at radius 2 is 1.33 bits per heavy atom. The molecule has 0 aliphatic heterocycles. The number of rotatable bonds is 0. The number of hydrogen-bond donors (Lipinski definition) is 0. The van der Waals surface area contributed by atoms with Crippen molar-refractivity contribution in [1.82, 2.24) is 0 Å². The Morgan fingerprint density at radius 1 is 0.833 bits per heavy atom. The highest BCUT2D eigenvalue weighted by Crippen LogP contribution is 2.46. The summed E-state index contributed by atoms with van der Waals surface area (Å²) < 4.78 is 0. The molecule has 1 spiro atoms. The Hall–Kier alpha value is -0.660. The topological polar surface area (TPSA) is 34.1 Å². The lowest BCUT2D eigenvalue weighted by atomic mass is 9.63. The number of hydrogen-bond acceptors (Lipinski definition) is 2. The standard InChI is InChI=1S/C10H14O2/c11-8-4-1-2-5-9(12)10(8)6-3-7-10/h1-7H2. The molecule has 0 amide bonds. The smallest absolute Gasteiger partial charge is 0.146 e. The van der Waals surface area contributed by atoms with Gasteiger partial charge in [-0.05, 0) is 25.7 Å². The molecule has 0 radical (unpaired) electrons. The number of ketones is 2. The van der Waals surface area contributed by atoms with Gasteiger partial charge in [-0.15, -0.1) is 0 Å². The first kappa shape index (κ1) is 7.96. The second-order valence-electron chi connectivity index (χ2n) is 3.99. The number of carbonyl (C=O) groups is 2. The van der Waals surface area contributed by atoms with E-state index in [0.717, 1.165) is 32.1 Å². The van der Waals surface area contributed by atoms with Crippen LogP contribution in [0.1, 0.15) is 44.9 Å². The average molecular weight is 166 g/mol. The van der Waals surface area contributed by atoms with Crippen LogP contribution in [-0.4, -0.2) is 11.6 Å². The van der Waals surface area contributed by atoms with Crippen LogP contribution in [0.15, 0.2) is 0 Å². The summed E-state index contributed by atoms with van der Waals surface area (Å²) in [5, 5.41) is 0. The largest absolute Gasteiger partial charge is 0.299 e. The molecule has 2 rings (SSSR count). The molecule has 66 valence electrons. The Bertz CT molecular complexity index is 206. The Balaban J connectivity index is 2.24. The minimum atomic E-state index is -0.476. The fourth-order valence-electron chi connectivity index (χ4n) is 2.29. The third-order valence-corrected chi connectivity index (χ3v) is 3.33. The molecule has 0 bridgehead atoms. The first-order valence-electron chi connectivity index (χ1n) is 4.82. The molecule has 2 aliphatic rings. The molecule has 2 aliphatic carbocycles. The van der Waals surface area contributed by atoms with Crippen LogP contribution in [0.25, 0.3) is 0 Å². The Kier molecular flexibility index (Phi) is 1.78. The van der Waals surface area contributed by atoms with Gasteiger partial charge in [-0.1, -0.05) is 6.42 Å². The van der Waals surface area contributed by atoms with E-state index in [-0.39, 0.29) is 11.6 Å². The third-order valence-electron chi connectivity index (χ3n) is 3.33. The van der Waals surface area contributed by atoms with Crippen molar-refractivity contribution in [3.8, 4) is 0 Å². The van der Waals surface area contributed by atoms with Crippen LogP contribution in [-0.2, 0) is 9.59 Å². The van der Waals surface area contributed by atoms with Crippen LogP contribution < -0.4 is 0 Å². The molecule has 0 unspecified atom stereocenters. The lowest BCUT2D eigenvalue weighted by Gasteiger charge is -2.37. The molecule has 12 heavy (non-hydrogen) atoms. The second kappa shape index (κ2) is 2.68. The Labute approximate surface area is 72.3 Å². The van der Waals surface area contributed by atoms with Gasteiger partial charge in [-0.3, -0.25) is 9.59 Å². The highest BCUT2D eigenvalue weighted by Gasteiger charge is 2.49. The van der Waals surface area contributed by atoms with E-state index in [0.29, 0.717) is 12.8 Å². The van der Waals surface area contributed by atoms with E-state index in [2.05, 4.69) is 0 Å². The van der Waals surface area contributed by atoms with Crippen LogP contribution in [0.2, 0.25) is 0 Å². The first-order chi connectivity index (χ1) is 5.76. The summed E-state index contributed by atoms with van der Waals surface area (Å²) in [6.07, 6.45) is 5.88. The molecule has 0 atom stereocenters. The van der Waals surface area contributed by atoms with Crippen LogP contribution in [0, 0.1) is 5.41 Å². The van der Waals surface area contributed by atoms with Crippen LogP contribution >= 0.6 is 0 Å². The molecule has 0 aromatic carbocycles. The van der Waals surface area contributed by atoms with Gasteiger partial charge in [0.2, 0.25) is 0 Å². The van der Waals surface area contributed by atoms with Gasteiger partial charge in [0.25, 0.3) is 0 Å². The predicted octanol–water partition coefficient (Wildman–Crippen LogP) is 1.87. The molecular weight excluding hydrogens is 152 g/mol. The summed E-state index contributed by atoms with van der Waals surface area (Å²) in [7, 11) is 0. The minimum Gasteiger partial charge on any atom is -0.299 e. The van der Waals surface area contributed by atoms with Crippen molar-refractivity contribution in [2.75, 3.05) is 0 Å². The van der Waals surface area contributed by atoms with E-state index in [4.69, 9.17) is 0 Å². The Morgan fingerprint density at radius 3 is 1.67 bits per heavy atom. The van der Waals surface area contributed by atoms with Gasteiger partial charge in [0, 0.05) is 12.8 Å². The quantitative estimate of drug-likeness (QED) is 0.515. The van der Waals surface area contributed by atoms with Crippen molar-refractivity contribution >= 4 is 11.6 Å². The van der Waals surface area contributed by atoms with Gasteiger partial charge in [0.05, 0.1) is 5.41 Å². The fraction of sp³-hybridized carbons (Fsp3) is 0.800. The van der Waals surface area contributed by atoms with Gasteiger partial charge < -0.3 is 0 Å². The van der Waals surface area contributed by atoms with Crippen LogP contribution in [0.3, 0.4) is 0 Å². The van der Waals surface area contributed by atoms with Gasteiger partial charge in [0.1, 0.15) is 11.6 Å². The zero-order valence-electron chi connectivity index (χ0n) is 7.27. The maximum atomic E-state index is 11.6. The average Bonchev–Trinajstić information content (AvgIpc) is 2.08. The van der Waals surface area contributed by atoms with E-state index in [1.807, 2.05) is 0 Å².